The van der Waals surface area contributed by atoms with Gasteiger partial charge in [0.05, 0.1) is 29.7 Å². The van der Waals surface area contributed by atoms with Crippen molar-refractivity contribution in [2.75, 3.05) is 6.61 Å². The molecule has 0 aliphatic heterocycles. The number of imidazole rings is 1. The van der Waals surface area contributed by atoms with Crippen LogP contribution in [0.15, 0.2) is 27.9 Å². The molecule has 0 saturated heterocycles. The van der Waals surface area contributed by atoms with E-state index in [0.29, 0.717) is 21.9 Å². The van der Waals surface area contributed by atoms with E-state index in [4.69, 9.17) is 11.2 Å². The van der Waals surface area contributed by atoms with Gasteiger partial charge in [-0.1, -0.05) is 5.92 Å². The number of carbonyl (C=O) groups is 1. The third-order valence-corrected chi connectivity index (χ3v) is 4.23. The molecule has 7 nitrogen and oxygen atoms in total. The van der Waals surface area contributed by atoms with E-state index >= 15 is 0 Å². The highest BCUT2D eigenvalue weighted by Crippen LogP contribution is 2.20. The van der Waals surface area contributed by atoms with Gasteiger partial charge in [-0.15, -0.1) is 6.42 Å². The Balaban J connectivity index is 2.48. The van der Waals surface area contributed by atoms with E-state index in [1.165, 1.54) is 15.3 Å². The largest absolute Gasteiger partial charge is 0.462 e. The normalized spacial score (nSPS) is 11.0. The maximum Gasteiger partial charge on any atom is 0.343 e. The highest BCUT2D eigenvalue weighted by atomic mass is 16.5. The SMILES string of the molecule is C#CCn1cc(C(=O)OCC)c(=O)c2cc3c(cc21)n(C)c(=O)n3C. The van der Waals surface area contributed by atoms with Crippen molar-refractivity contribution in [1.29, 1.82) is 0 Å². The lowest BCUT2D eigenvalue weighted by Crippen LogP contribution is -2.21. The number of aromatic nitrogens is 3. The number of pyridine rings is 1. The molecule has 0 fully saturated rings. The third-order valence-electron chi connectivity index (χ3n) is 4.23. The second kappa shape index (κ2) is 5.98. The zero-order chi connectivity index (χ0) is 18.3. The van der Waals surface area contributed by atoms with E-state index in [2.05, 4.69) is 5.92 Å². The van der Waals surface area contributed by atoms with Gasteiger partial charge < -0.3 is 9.30 Å². The lowest BCUT2D eigenvalue weighted by molar-refractivity contribution is 0.0524. The van der Waals surface area contributed by atoms with Crippen LogP contribution in [0.3, 0.4) is 0 Å². The summed E-state index contributed by atoms with van der Waals surface area (Å²) in [6.07, 6.45) is 6.83. The highest BCUT2D eigenvalue weighted by Gasteiger charge is 2.18. The minimum absolute atomic E-state index is 0.0788. The molecule has 128 valence electrons. The molecule has 0 aliphatic rings. The van der Waals surface area contributed by atoms with Gasteiger partial charge in [-0.2, -0.15) is 0 Å². The molecular formula is C18H17N3O4. The van der Waals surface area contributed by atoms with E-state index in [0.717, 1.165) is 0 Å². The van der Waals surface area contributed by atoms with Gasteiger partial charge in [0.25, 0.3) is 0 Å². The highest BCUT2D eigenvalue weighted by molar-refractivity contribution is 5.98. The summed E-state index contributed by atoms with van der Waals surface area (Å²) in [5, 5.41) is 0.314. The Morgan fingerprint density at radius 1 is 1.16 bits per heavy atom. The minimum atomic E-state index is -0.692. The second-order valence-electron chi connectivity index (χ2n) is 5.68. The molecule has 1 aromatic carbocycles. The number of aryl methyl sites for hydroxylation is 2. The number of ether oxygens (including phenoxy) is 1. The molecule has 0 unspecified atom stereocenters. The van der Waals surface area contributed by atoms with E-state index in [1.54, 1.807) is 37.7 Å². The van der Waals surface area contributed by atoms with Crippen LogP contribution in [0.1, 0.15) is 17.3 Å². The predicted octanol–water partition coefficient (Wildman–Crippen LogP) is 1.00. The molecule has 7 heteroatoms. The monoisotopic (exact) mass is 339 g/mol. The zero-order valence-corrected chi connectivity index (χ0v) is 14.2. The Kier molecular flexibility index (Phi) is 3.97. The molecule has 0 N–H and O–H groups in total. The molecule has 0 atom stereocenters. The molecule has 3 rings (SSSR count). The number of rotatable bonds is 3. The van der Waals surface area contributed by atoms with Gasteiger partial charge in [-0.05, 0) is 19.1 Å². The number of carbonyl (C=O) groups excluding carboxylic acids is 1. The fraction of sp³-hybridized carbons (Fsp3) is 0.278. The van der Waals surface area contributed by atoms with Crippen molar-refractivity contribution in [3.8, 4) is 12.3 Å². The van der Waals surface area contributed by atoms with Crippen LogP contribution in [0.25, 0.3) is 21.9 Å². The standard InChI is InChI=1S/C18H17N3O4/c1-5-7-21-10-12(17(23)25-6-2)16(22)11-8-14-15(9-13(11)21)20(4)18(24)19(14)3/h1,8-10H,6-7H2,2-4H3. The molecule has 25 heavy (non-hydrogen) atoms. The summed E-state index contributed by atoms with van der Waals surface area (Å²) in [4.78, 5) is 37.1. The van der Waals surface area contributed by atoms with E-state index < -0.39 is 11.4 Å². The number of esters is 1. The van der Waals surface area contributed by atoms with Crippen molar-refractivity contribution < 1.29 is 9.53 Å². The van der Waals surface area contributed by atoms with Gasteiger partial charge in [0.2, 0.25) is 5.43 Å². The summed E-state index contributed by atoms with van der Waals surface area (Å²) in [7, 11) is 3.29. The van der Waals surface area contributed by atoms with Gasteiger partial charge in [0.15, 0.2) is 0 Å². The van der Waals surface area contributed by atoms with E-state index in [1.807, 2.05) is 0 Å². The van der Waals surface area contributed by atoms with Crippen LogP contribution in [0.4, 0.5) is 0 Å². The number of benzene rings is 1. The summed E-state index contributed by atoms with van der Waals surface area (Å²) >= 11 is 0. The molecule has 0 bridgehead atoms. The molecule has 0 saturated carbocycles. The Morgan fingerprint density at radius 2 is 1.80 bits per heavy atom. The first kappa shape index (κ1) is 16.6. The molecule has 0 amide bonds. The summed E-state index contributed by atoms with van der Waals surface area (Å²) in [6.45, 7) is 2.01. The van der Waals surface area contributed by atoms with Crippen LogP contribution >= 0.6 is 0 Å². The lowest BCUT2D eigenvalue weighted by atomic mass is 10.1. The average Bonchev–Trinajstić information content (AvgIpc) is 2.80. The topological polar surface area (TPSA) is 75.2 Å². The Labute approximate surface area is 143 Å². The zero-order valence-electron chi connectivity index (χ0n) is 14.2. The molecule has 3 aromatic rings. The molecule has 2 aromatic heterocycles. The smallest absolute Gasteiger partial charge is 0.343 e. The summed E-state index contributed by atoms with van der Waals surface area (Å²) in [6, 6.07) is 3.35. The maximum atomic E-state index is 12.8. The number of terminal acetylenes is 1. The Morgan fingerprint density at radius 3 is 2.40 bits per heavy atom. The summed E-state index contributed by atoms with van der Waals surface area (Å²) < 4.78 is 9.55. The molecule has 0 aliphatic carbocycles. The summed E-state index contributed by atoms with van der Waals surface area (Å²) in [5.41, 5.74) is 1.11. The van der Waals surface area contributed by atoms with Crippen molar-refractivity contribution in [2.45, 2.75) is 13.5 Å². The first-order valence-corrected chi connectivity index (χ1v) is 7.73. The number of fused-ring (bicyclic) bond motifs is 2. The van der Waals surface area contributed by atoms with Crippen molar-refractivity contribution >= 4 is 27.9 Å². The van der Waals surface area contributed by atoms with Crippen LogP contribution < -0.4 is 11.1 Å². The van der Waals surface area contributed by atoms with Crippen LogP contribution in [0.5, 0.6) is 0 Å². The van der Waals surface area contributed by atoms with Crippen molar-refractivity contribution in [3.63, 3.8) is 0 Å². The molecule has 0 spiro atoms. The first-order valence-electron chi connectivity index (χ1n) is 7.73. The quantitative estimate of drug-likeness (QED) is 0.527. The van der Waals surface area contributed by atoms with Crippen molar-refractivity contribution in [3.05, 3.63) is 44.6 Å². The number of hydrogen-bond acceptors (Lipinski definition) is 4. The van der Waals surface area contributed by atoms with Gasteiger partial charge in [-0.25, -0.2) is 9.59 Å². The van der Waals surface area contributed by atoms with Crippen LogP contribution in [0.2, 0.25) is 0 Å². The second-order valence-corrected chi connectivity index (χ2v) is 5.68. The Hall–Kier alpha value is -3.27. The van der Waals surface area contributed by atoms with E-state index in [-0.39, 0.29) is 24.4 Å². The van der Waals surface area contributed by atoms with Gasteiger partial charge in [0.1, 0.15) is 5.56 Å². The van der Waals surface area contributed by atoms with Crippen LogP contribution in [0, 0.1) is 12.3 Å². The lowest BCUT2D eigenvalue weighted by Gasteiger charge is -2.11. The maximum absolute atomic E-state index is 12.8. The van der Waals surface area contributed by atoms with Gasteiger partial charge in [-0.3, -0.25) is 13.9 Å². The van der Waals surface area contributed by atoms with Crippen molar-refractivity contribution in [1.82, 2.24) is 13.7 Å². The van der Waals surface area contributed by atoms with Gasteiger partial charge in [0, 0.05) is 25.7 Å². The molecule has 0 radical (unpaired) electrons. The van der Waals surface area contributed by atoms with Crippen LogP contribution in [-0.2, 0) is 25.4 Å². The van der Waals surface area contributed by atoms with Gasteiger partial charge >= 0.3 is 11.7 Å². The van der Waals surface area contributed by atoms with Crippen LogP contribution in [-0.4, -0.2) is 26.3 Å². The fourth-order valence-corrected chi connectivity index (χ4v) is 2.97. The third kappa shape index (κ3) is 2.43. The first-order chi connectivity index (χ1) is 11.9. The van der Waals surface area contributed by atoms with Crippen molar-refractivity contribution in [2.24, 2.45) is 14.1 Å². The molecular weight excluding hydrogens is 322 g/mol. The average molecular weight is 339 g/mol. The molecule has 2 heterocycles. The predicted molar refractivity (Wildman–Crippen MR) is 94.7 cm³/mol. The minimum Gasteiger partial charge on any atom is -0.462 e. The Bertz CT molecular complexity index is 1170. The fourth-order valence-electron chi connectivity index (χ4n) is 2.97. The number of hydrogen-bond donors (Lipinski definition) is 0. The number of nitrogens with zero attached hydrogens (tertiary/aromatic N) is 3. The van der Waals surface area contributed by atoms with E-state index in [9.17, 15) is 14.4 Å². The summed E-state index contributed by atoms with van der Waals surface area (Å²) in [5.74, 6) is 1.82.